The molecule has 3 aliphatic heterocycles. The number of carbonyl (C=O) groups excluding carboxylic acids is 3. The van der Waals surface area contributed by atoms with E-state index in [0.29, 0.717) is 23.5 Å². The predicted octanol–water partition coefficient (Wildman–Crippen LogP) is -0.223. The fourth-order valence-electron chi connectivity index (χ4n) is 3.27. The number of amides is 3. The normalized spacial score (nSPS) is 25.3. The van der Waals surface area contributed by atoms with Crippen molar-refractivity contribution in [3.8, 4) is 5.75 Å². The minimum Gasteiger partial charge on any atom is -0.481 e. The van der Waals surface area contributed by atoms with E-state index in [1.165, 1.54) is 9.80 Å². The molecule has 1 aromatic carbocycles. The van der Waals surface area contributed by atoms with Crippen molar-refractivity contribution in [1.29, 1.82) is 0 Å². The Hall–Kier alpha value is -2.77. The second-order valence-electron chi connectivity index (χ2n) is 5.50. The summed E-state index contributed by atoms with van der Waals surface area (Å²) >= 11 is 0. The Morgan fingerprint density at radius 3 is 2.77 bits per heavy atom. The monoisotopic (exact) mass is 303 g/mol. The number of fused-ring (bicyclic) bond motifs is 5. The maximum absolute atomic E-state index is 12.0. The van der Waals surface area contributed by atoms with Gasteiger partial charge in [-0.2, -0.15) is 0 Å². The quantitative estimate of drug-likeness (QED) is 0.772. The van der Waals surface area contributed by atoms with Crippen LogP contribution in [0.15, 0.2) is 12.1 Å². The lowest BCUT2D eigenvalue weighted by molar-refractivity contribution is -0.125. The number of carbonyl (C=O) groups is 3. The summed E-state index contributed by atoms with van der Waals surface area (Å²) in [5, 5.41) is 0. The van der Waals surface area contributed by atoms with E-state index >= 15 is 0 Å². The number of cyclic esters (lactones) is 1. The van der Waals surface area contributed by atoms with Crippen LogP contribution in [-0.4, -0.2) is 43.7 Å². The highest BCUT2D eigenvalue weighted by Gasteiger charge is 2.51. The standard InChI is InChI=1S/C14H13N3O5/c1-16-8-3-2-7-6(11(8)21-5-10(16)18)4-9-12(13(15)19)22-14(20)17(7)9/h2-3,9,12H,4-5H2,1H3,(H2,15,19)/t9-,12?/m0/s1. The van der Waals surface area contributed by atoms with Gasteiger partial charge < -0.3 is 20.1 Å². The second kappa shape index (κ2) is 4.12. The predicted molar refractivity (Wildman–Crippen MR) is 74.8 cm³/mol. The van der Waals surface area contributed by atoms with Gasteiger partial charge in [0.2, 0.25) is 6.10 Å². The molecule has 1 saturated heterocycles. The first kappa shape index (κ1) is 12.9. The molecule has 0 spiro atoms. The van der Waals surface area contributed by atoms with Crippen molar-refractivity contribution in [1.82, 2.24) is 0 Å². The maximum atomic E-state index is 12.0. The van der Waals surface area contributed by atoms with Gasteiger partial charge >= 0.3 is 6.09 Å². The minimum atomic E-state index is -0.974. The van der Waals surface area contributed by atoms with E-state index in [-0.39, 0.29) is 12.5 Å². The van der Waals surface area contributed by atoms with E-state index in [2.05, 4.69) is 0 Å². The summed E-state index contributed by atoms with van der Waals surface area (Å²) in [4.78, 5) is 38.1. The van der Waals surface area contributed by atoms with Crippen LogP contribution in [0.3, 0.4) is 0 Å². The Morgan fingerprint density at radius 2 is 2.05 bits per heavy atom. The average molecular weight is 303 g/mol. The van der Waals surface area contributed by atoms with Crippen LogP contribution in [0.4, 0.5) is 16.2 Å². The van der Waals surface area contributed by atoms with E-state index in [0.717, 1.165) is 5.56 Å². The van der Waals surface area contributed by atoms with E-state index in [4.69, 9.17) is 15.2 Å². The van der Waals surface area contributed by atoms with Gasteiger partial charge in [0.25, 0.3) is 11.8 Å². The van der Waals surface area contributed by atoms with Crippen molar-refractivity contribution in [3.05, 3.63) is 17.7 Å². The molecule has 22 heavy (non-hydrogen) atoms. The van der Waals surface area contributed by atoms with Crippen LogP contribution in [0, 0.1) is 0 Å². The summed E-state index contributed by atoms with van der Waals surface area (Å²) in [6, 6.07) is 2.99. The molecule has 0 aliphatic carbocycles. The van der Waals surface area contributed by atoms with E-state index in [1.54, 1.807) is 19.2 Å². The lowest BCUT2D eigenvalue weighted by Crippen LogP contribution is -2.41. The molecule has 1 aromatic rings. The van der Waals surface area contributed by atoms with Crippen LogP contribution in [-0.2, 0) is 20.7 Å². The highest BCUT2D eigenvalue weighted by Crippen LogP contribution is 2.47. The summed E-state index contributed by atoms with van der Waals surface area (Å²) < 4.78 is 10.6. The fraction of sp³-hybridized carbons (Fsp3) is 0.357. The van der Waals surface area contributed by atoms with Gasteiger partial charge in [0.15, 0.2) is 6.61 Å². The number of primary amides is 1. The molecule has 1 fully saturated rings. The molecule has 2 atom stereocenters. The number of benzene rings is 1. The Balaban J connectivity index is 1.82. The molecular weight excluding hydrogens is 290 g/mol. The zero-order valence-electron chi connectivity index (χ0n) is 11.7. The van der Waals surface area contributed by atoms with Crippen LogP contribution in [0.25, 0.3) is 0 Å². The Kier molecular flexibility index (Phi) is 2.42. The number of hydrogen-bond acceptors (Lipinski definition) is 5. The van der Waals surface area contributed by atoms with Crippen molar-refractivity contribution in [2.75, 3.05) is 23.5 Å². The zero-order chi connectivity index (χ0) is 15.6. The summed E-state index contributed by atoms with van der Waals surface area (Å²) in [6.07, 6.45) is -1.16. The molecular formula is C14H13N3O5. The highest BCUT2D eigenvalue weighted by atomic mass is 16.6. The van der Waals surface area contributed by atoms with Gasteiger partial charge in [-0.05, 0) is 12.1 Å². The molecule has 0 bridgehead atoms. The molecule has 2 N–H and O–H groups in total. The third-order valence-electron chi connectivity index (χ3n) is 4.35. The Morgan fingerprint density at radius 1 is 1.32 bits per heavy atom. The maximum Gasteiger partial charge on any atom is 0.415 e. The third-order valence-corrected chi connectivity index (χ3v) is 4.35. The number of likely N-dealkylation sites (N-methyl/N-ethyl adjacent to an activating group) is 1. The number of nitrogens with zero attached hydrogens (tertiary/aromatic N) is 2. The van der Waals surface area contributed by atoms with Gasteiger partial charge in [-0.3, -0.25) is 14.5 Å². The van der Waals surface area contributed by atoms with Crippen LogP contribution < -0.4 is 20.3 Å². The largest absolute Gasteiger partial charge is 0.481 e. The van der Waals surface area contributed by atoms with Crippen LogP contribution in [0.1, 0.15) is 5.56 Å². The van der Waals surface area contributed by atoms with Crippen LogP contribution in [0.2, 0.25) is 0 Å². The summed E-state index contributed by atoms with van der Waals surface area (Å²) in [7, 11) is 1.67. The molecule has 3 amide bonds. The molecule has 8 heteroatoms. The second-order valence-corrected chi connectivity index (χ2v) is 5.50. The van der Waals surface area contributed by atoms with Crippen molar-refractivity contribution in [2.45, 2.75) is 18.6 Å². The van der Waals surface area contributed by atoms with Crippen molar-refractivity contribution >= 4 is 29.3 Å². The first-order valence-corrected chi connectivity index (χ1v) is 6.83. The van der Waals surface area contributed by atoms with Gasteiger partial charge in [0.05, 0.1) is 17.4 Å². The summed E-state index contributed by atoms with van der Waals surface area (Å²) in [6.45, 7) is -0.0473. The molecule has 0 radical (unpaired) electrons. The van der Waals surface area contributed by atoms with E-state index < -0.39 is 24.1 Å². The fourth-order valence-corrected chi connectivity index (χ4v) is 3.27. The molecule has 3 heterocycles. The first-order chi connectivity index (χ1) is 10.5. The number of hydrogen-bond donors (Lipinski definition) is 1. The van der Waals surface area contributed by atoms with Gasteiger partial charge in [0.1, 0.15) is 5.75 Å². The molecule has 1 unspecified atom stereocenters. The van der Waals surface area contributed by atoms with Crippen LogP contribution >= 0.6 is 0 Å². The molecule has 8 nitrogen and oxygen atoms in total. The Labute approximate surface area is 125 Å². The minimum absolute atomic E-state index is 0.0473. The van der Waals surface area contributed by atoms with Crippen molar-refractivity contribution in [3.63, 3.8) is 0 Å². The Bertz CT molecular complexity index is 731. The SMILES string of the molecule is CN1C(=O)COc2c1ccc1c2C[C@H]2C(C(N)=O)OC(=O)N12. The topological polar surface area (TPSA) is 102 Å². The van der Waals surface area contributed by atoms with Crippen molar-refractivity contribution in [2.24, 2.45) is 5.73 Å². The number of anilines is 2. The van der Waals surface area contributed by atoms with E-state index in [9.17, 15) is 14.4 Å². The number of nitrogens with two attached hydrogens (primary N) is 1. The van der Waals surface area contributed by atoms with Gasteiger partial charge in [0, 0.05) is 19.0 Å². The van der Waals surface area contributed by atoms with Gasteiger partial charge in [-0.25, -0.2) is 4.79 Å². The van der Waals surface area contributed by atoms with Gasteiger partial charge in [-0.15, -0.1) is 0 Å². The summed E-state index contributed by atoms with van der Waals surface area (Å²) in [5.41, 5.74) is 7.39. The first-order valence-electron chi connectivity index (χ1n) is 6.83. The molecule has 114 valence electrons. The zero-order valence-corrected chi connectivity index (χ0v) is 11.7. The molecule has 0 saturated carbocycles. The smallest absolute Gasteiger partial charge is 0.415 e. The number of ether oxygens (including phenoxy) is 2. The average Bonchev–Trinajstić information content (AvgIpc) is 3.01. The molecule has 0 aromatic heterocycles. The van der Waals surface area contributed by atoms with Crippen LogP contribution in [0.5, 0.6) is 5.75 Å². The summed E-state index contributed by atoms with van der Waals surface area (Å²) in [5.74, 6) is -0.235. The third kappa shape index (κ3) is 1.49. The highest BCUT2D eigenvalue weighted by molar-refractivity contribution is 6.02. The van der Waals surface area contributed by atoms with Crippen molar-refractivity contribution < 1.29 is 23.9 Å². The lowest BCUT2D eigenvalue weighted by atomic mass is 10.0. The van der Waals surface area contributed by atoms with Gasteiger partial charge in [-0.1, -0.05) is 0 Å². The van der Waals surface area contributed by atoms with E-state index in [1.807, 2.05) is 0 Å². The number of rotatable bonds is 1. The molecule has 4 rings (SSSR count). The molecule has 3 aliphatic rings. The lowest BCUT2D eigenvalue weighted by Gasteiger charge is -2.27.